The Morgan fingerprint density at radius 2 is 2.27 bits per heavy atom. The maximum Gasteiger partial charge on any atom is 0.268 e. The minimum absolute atomic E-state index is 0.0460. The lowest BCUT2D eigenvalue weighted by molar-refractivity contribution is -0.128. The Kier molecular flexibility index (Phi) is 5.53. The number of nitrogens with zero attached hydrogens (tertiary/aromatic N) is 2. The van der Waals surface area contributed by atoms with Gasteiger partial charge >= 0.3 is 0 Å². The van der Waals surface area contributed by atoms with Crippen LogP contribution in [0.15, 0.2) is 23.6 Å². The molecule has 2 heterocycles. The van der Waals surface area contributed by atoms with Crippen LogP contribution >= 0.6 is 11.3 Å². The van der Waals surface area contributed by atoms with Crippen LogP contribution in [-0.4, -0.2) is 50.2 Å². The van der Waals surface area contributed by atoms with Crippen molar-refractivity contribution in [3.05, 3.63) is 28.6 Å². The van der Waals surface area contributed by atoms with E-state index in [9.17, 15) is 9.59 Å². The highest BCUT2D eigenvalue weighted by atomic mass is 32.1. The van der Waals surface area contributed by atoms with Crippen molar-refractivity contribution in [2.24, 2.45) is 0 Å². The van der Waals surface area contributed by atoms with Crippen LogP contribution in [0.5, 0.6) is 5.75 Å². The number of thiazole rings is 1. The molecule has 7 nitrogen and oxygen atoms in total. The number of fused-ring (bicyclic) bond motifs is 1. The normalized spacial score (nSPS) is 16.2. The molecule has 1 atom stereocenters. The molecular formula is C18H21N3O4S. The molecule has 0 radical (unpaired) electrons. The molecule has 1 aliphatic rings. The largest absolute Gasteiger partial charge is 0.479 e. The number of hydrogen-bond donors (Lipinski definition) is 1. The molecule has 0 spiro atoms. The highest BCUT2D eigenvalue weighted by Gasteiger charge is 2.33. The van der Waals surface area contributed by atoms with Crippen molar-refractivity contribution in [3.63, 3.8) is 0 Å². The number of amides is 2. The van der Waals surface area contributed by atoms with Crippen molar-refractivity contribution >= 4 is 28.8 Å². The maximum atomic E-state index is 12.5. The van der Waals surface area contributed by atoms with E-state index in [-0.39, 0.29) is 18.4 Å². The number of hydrogen-bond acceptors (Lipinski definition) is 6. The zero-order chi connectivity index (χ0) is 18.7. The van der Waals surface area contributed by atoms with E-state index in [4.69, 9.17) is 9.47 Å². The first kappa shape index (κ1) is 18.3. The number of carbonyl (C=O) groups is 2. The fraction of sp³-hybridized carbons (Fsp3) is 0.389. The van der Waals surface area contributed by atoms with Gasteiger partial charge in [0.2, 0.25) is 5.91 Å². The molecule has 0 saturated heterocycles. The number of rotatable bonds is 6. The Hall–Kier alpha value is -2.45. The van der Waals surface area contributed by atoms with Crippen molar-refractivity contribution in [1.29, 1.82) is 0 Å². The van der Waals surface area contributed by atoms with Gasteiger partial charge in [-0.3, -0.25) is 14.5 Å². The van der Waals surface area contributed by atoms with Gasteiger partial charge in [-0.15, -0.1) is 11.3 Å². The van der Waals surface area contributed by atoms with Crippen molar-refractivity contribution < 1.29 is 19.1 Å². The van der Waals surface area contributed by atoms with Crippen LogP contribution in [0.1, 0.15) is 11.9 Å². The van der Waals surface area contributed by atoms with E-state index >= 15 is 0 Å². The quantitative estimate of drug-likeness (QED) is 0.834. The van der Waals surface area contributed by atoms with E-state index in [0.717, 1.165) is 22.7 Å². The van der Waals surface area contributed by atoms with Gasteiger partial charge < -0.3 is 14.8 Å². The molecule has 26 heavy (non-hydrogen) atoms. The molecule has 1 unspecified atom stereocenters. The number of aromatic nitrogens is 1. The molecule has 3 rings (SSSR count). The third kappa shape index (κ3) is 3.71. The van der Waals surface area contributed by atoms with Crippen molar-refractivity contribution in [2.75, 3.05) is 32.2 Å². The van der Waals surface area contributed by atoms with E-state index in [1.807, 2.05) is 23.6 Å². The second-order valence-corrected chi connectivity index (χ2v) is 6.85. The minimum Gasteiger partial charge on any atom is -0.479 e. The Morgan fingerprint density at radius 3 is 3.00 bits per heavy atom. The predicted molar refractivity (Wildman–Crippen MR) is 99.6 cm³/mol. The van der Waals surface area contributed by atoms with Gasteiger partial charge in [0.25, 0.3) is 5.91 Å². The molecular weight excluding hydrogens is 354 g/mol. The first-order valence-corrected chi connectivity index (χ1v) is 9.17. The predicted octanol–water partition coefficient (Wildman–Crippen LogP) is 1.86. The Morgan fingerprint density at radius 1 is 1.46 bits per heavy atom. The van der Waals surface area contributed by atoms with Crippen LogP contribution in [0.25, 0.3) is 11.3 Å². The van der Waals surface area contributed by atoms with Gasteiger partial charge in [-0.25, -0.2) is 4.98 Å². The molecule has 1 N–H and O–H groups in total. The summed E-state index contributed by atoms with van der Waals surface area (Å²) in [5.41, 5.74) is 2.28. The van der Waals surface area contributed by atoms with Gasteiger partial charge in [0.05, 0.1) is 23.0 Å². The van der Waals surface area contributed by atoms with Crippen molar-refractivity contribution in [1.82, 2.24) is 10.3 Å². The lowest BCUT2D eigenvalue weighted by Gasteiger charge is -2.32. The monoisotopic (exact) mass is 375 g/mol. The molecule has 138 valence electrons. The molecule has 2 amide bonds. The van der Waals surface area contributed by atoms with Gasteiger partial charge in [0.1, 0.15) is 12.3 Å². The van der Waals surface area contributed by atoms with Crippen LogP contribution in [0.4, 0.5) is 5.69 Å². The highest BCUT2D eigenvalue weighted by molar-refractivity contribution is 7.09. The molecule has 0 saturated carbocycles. The molecule has 1 aromatic heterocycles. The van der Waals surface area contributed by atoms with Crippen molar-refractivity contribution in [2.45, 2.75) is 19.4 Å². The van der Waals surface area contributed by atoms with Gasteiger partial charge in [0, 0.05) is 31.5 Å². The number of nitrogens with one attached hydrogen (secondary N) is 1. The average molecular weight is 375 g/mol. The van der Waals surface area contributed by atoms with Crippen LogP contribution < -0.4 is 15.0 Å². The van der Waals surface area contributed by atoms with E-state index in [0.29, 0.717) is 18.0 Å². The summed E-state index contributed by atoms with van der Waals surface area (Å²) in [6.45, 7) is 2.26. The van der Waals surface area contributed by atoms with Gasteiger partial charge in [-0.1, -0.05) is 0 Å². The molecule has 1 aromatic carbocycles. The van der Waals surface area contributed by atoms with Crippen LogP contribution in [0.3, 0.4) is 0 Å². The fourth-order valence-electron chi connectivity index (χ4n) is 2.70. The average Bonchev–Trinajstić information content (AvgIpc) is 3.12. The topological polar surface area (TPSA) is 80.8 Å². The summed E-state index contributed by atoms with van der Waals surface area (Å²) in [7, 11) is 3.21. The molecule has 1 aliphatic heterocycles. The second-order valence-electron chi connectivity index (χ2n) is 5.91. The van der Waals surface area contributed by atoms with Crippen molar-refractivity contribution in [3.8, 4) is 17.0 Å². The van der Waals surface area contributed by atoms with Gasteiger partial charge in [0.15, 0.2) is 6.10 Å². The Labute approximate surface area is 155 Å². The van der Waals surface area contributed by atoms with E-state index in [2.05, 4.69) is 10.3 Å². The third-order valence-corrected chi connectivity index (χ3v) is 5.02. The SMILES string of the molecule is CNC(=O)CN1C(=O)C(C)Oc2ccc(-c3csc(CCOC)n3)cc21. The number of benzene rings is 1. The molecule has 0 fully saturated rings. The van der Waals surface area contributed by atoms with E-state index in [1.54, 1.807) is 32.4 Å². The molecule has 2 aromatic rings. The second kappa shape index (κ2) is 7.84. The number of methoxy groups -OCH3 is 1. The first-order valence-electron chi connectivity index (χ1n) is 8.30. The fourth-order valence-corrected chi connectivity index (χ4v) is 3.49. The van der Waals surface area contributed by atoms with E-state index < -0.39 is 6.10 Å². The lowest BCUT2D eigenvalue weighted by atomic mass is 10.1. The molecule has 8 heteroatoms. The summed E-state index contributed by atoms with van der Waals surface area (Å²) >= 11 is 1.57. The standard InChI is InChI=1S/C18H21N3O4S/c1-11-18(23)21(9-16(22)19-2)14-8-12(4-5-15(14)25-11)13-10-26-17(20-13)6-7-24-3/h4-5,8,10-11H,6-7,9H2,1-3H3,(H,19,22). The minimum atomic E-state index is -0.627. The van der Waals surface area contributed by atoms with Gasteiger partial charge in [-0.2, -0.15) is 0 Å². The summed E-state index contributed by atoms with van der Waals surface area (Å²) in [6.07, 6.45) is 0.131. The third-order valence-electron chi connectivity index (χ3n) is 4.12. The zero-order valence-electron chi connectivity index (χ0n) is 14.9. The number of likely N-dealkylation sites (N-methyl/N-ethyl adjacent to an activating group) is 1. The zero-order valence-corrected chi connectivity index (χ0v) is 15.8. The van der Waals surface area contributed by atoms with E-state index in [1.165, 1.54) is 4.90 Å². The summed E-state index contributed by atoms with van der Waals surface area (Å²) < 4.78 is 10.8. The Balaban J connectivity index is 1.93. The number of anilines is 1. The maximum absolute atomic E-state index is 12.5. The summed E-state index contributed by atoms with van der Waals surface area (Å²) in [5.74, 6) is 0.108. The lowest BCUT2D eigenvalue weighted by Crippen LogP contribution is -2.48. The smallest absolute Gasteiger partial charge is 0.268 e. The molecule has 0 aliphatic carbocycles. The number of ether oxygens (including phenoxy) is 2. The van der Waals surface area contributed by atoms with Crippen LogP contribution in [-0.2, 0) is 20.7 Å². The summed E-state index contributed by atoms with van der Waals surface area (Å²) in [5, 5.41) is 5.52. The van der Waals surface area contributed by atoms with Gasteiger partial charge in [-0.05, 0) is 25.1 Å². The summed E-state index contributed by atoms with van der Waals surface area (Å²) in [4.78, 5) is 30.4. The van der Waals surface area contributed by atoms with Crippen LogP contribution in [0.2, 0.25) is 0 Å². The number of carbonyl (C=O) groups excluding carboxylic acids is 2. The summed E-state index contributed by atoms with van der Waals surface area (Å²) in [6, 6.07) is 5.57. The first-order chi connectivity index (χ1) is 12.5. The molecule has 0 bridgehead atoms. The Bertz CT molecular complexity index is 821. The highest BCUT2D eigenvalue weighted by Crippen LogP contribution is 2.37. The van der Waals surface area contributed by atoms with Crippen LogP contribution in [0, 0.1) is 0 Å².